The number of aliphatic carboxylic acids is 1. The van der Waals surface area contributed by atoms with Gasteiger partial charge in [-0.25, -0.2) is 0 Å². The summed E-state index contributed by atoms with van der Waals surface area (Å²) in [4.78, 5) is 10.6. The average molecular weight is 385 g/mol. The topological polar surface area (TPSA) is 66.8 Å². The van der Waals surface area contributed by atoms with E-state index >= 15 is 0 Å². The van der Waals surface area contributed by atoms with E-state index in [4.69, 9.17) is 9.84 Å². The molecular weight excluding hydrogens is 352 g/mol. The van der Waals surface area contributed by atoms with Gasteiger partial charge in [-0.05, 0) is 43.6 Å². The van der Waals surface area contributed by atoms with Gasteiger partial charge in [-0.3, -0.25) is 4.79 Å². The van der Waals surface area contributed by atoms with Crippen molar-refractivity contribution in [3.05, 3.63) is 60.2 Å². The number of allylic oxidation sites excluding steroid dienone is 2. The summed E-state index contributed by atoms with van der Waals surface area (Å²) in [6.07, 6.45) is 13.4. The number of carboxylic acid groups (broad SMARTS) is 1. The van der Waals surface area contributed by atoms with E-state index < -0.39 is 12.1 Å². The third-order valence-electron chi connectivity index (χ3n) is 6.19. The van der Waals surface area contributed by atoms with Gasteiger partial charge in [0.15, 0.2) is 0 Å². The van der Waals surface area contributed by atoms with Crippen LogP contribution in [0.2, 0.25) is 0 Å². The SMILES string of the molecule is C[C@H](c1ccccc1)[C@@H](O)/C=C/[C@@H]1[C@H](C/C=C\CCCC(=O)O)[C@H]2CC[C@@H]1O2. The van der Waals surface area contributed by atoms with Gasteiger partial charge in [0.25, 0.3) is 0 Å². The summed E-state index contributed by atoms with van der Waals surface area (Å²) in [5.74, 6) is 0.123. The number of aliphatic hydroxyl groups is 1. The Morgan fingerprint density at radius 1 is 1.21 bits per heavy atom. The Kier molecular flexibility index (Phi) is 7.46. The molecule has 0 saturated carbocycles. The third kappa shape index (κ3) is 5.33. The summed E-state index contributed by atoms with van der Waals surface area (Å²) >= 11 is 0. The summed E-state index contributed by atoms with van der Waals surface area (Å²) < 4.78 is 6.14. The first-order valence-electron chi connectivity index (χ1n) is 10.5. The lowest BCUT2D eigenvalue weighted by Crippen LogP contribution is -2.26. The summed E-state index contributed by atoms with van der Waals surface area (Å²) in [5, 5.41) is 19.3. The number of fused-ring (bicyclic) bond motifs is 2. The molecule has 152 valence electrons. The first-order chi connectivity index (χ1) is 13.6. The van der Waals surface area contributed by atoms with E-state index in [0.29, 0.717) is 24.4 Å². The van der Waals surface area contributed by atoms with Crippen LogP contribution in [-0.4, -0.2) is 34.5 Å². The van der Waals surface area contributed by atoms with Crippen LogP contribution >= 0.6 is 0 Å². The number of rotatable bonds is 10. The molecule has 4 nitrogen and oxygen atoms in total. The molecular formula is C24H32O4. The molecule has 0 spiro atoms. The van der Waals surface area contributed by atoms with Gasteiger partial charge >= 0.3 is 5.97 Å². The fourth-order valence-corrected chi connectivity index (χ4v) is 4.49. The summed E-state index contributed by atoms with van der Waals surface area (Å²) in [5.41, 5.74) is 1.14. The first kappa shape index (κ1) is 20.8. The maximum absolute atomic E-state index is 10.6. The number of benzene rings is 1. The maximum atomic E-state index is 10.6. The lowest BCUT2D eigenvalue weighted by atomic mass is 9.77. The third-order valence-corrected chi connectivity index (χ3v) is 6.19. The van der Waals surface area contributed by atoms with Crippen molar-refractivity contribution in [1.82, 2.24) is 0 Å². The number of hydrogen-bond acceptors (Lipinski definition) is 3. The quantitative estimate of drug-likeness (QED) is 0.453. The normalized spacial score (nSPS) is 28.9. The molecule has 1 aromatic carbocycles. The highest BCUT2D eigenvalue weighted by molar-refractivity contribution is 5.66. The van der Waals surface area contributed by atoms with Crippen LogP contribution in [0.1, 0.15) is 56.9 Å². The van der Waals surface area contributed by atoms with Crippen LogP contribution in [0.3, 0.4) is 0 Å². The largest absolute Gasteiger partial charge is 0.481 e. The molecule has 6 atom stereocenters. The van der Waals surface area contributed by atoms with Gasteiger partial charge < -0.3 is 14.9 Å². The van der Waals surface area contributed by atoms with E-state index in [1.165, 1.54) is 0 Å². The molecule has 0 radical (unpaired) electrons. The Hall–Kier alpha value is -1.91. The smallest absolute Gasteiger partial charge is 0.303 e. The van der Waals surface area contributed by atoms with E-state index in [9.17, 15) is 9.90 Å². The van der Waals surface area contributed by atoms with Gasteiger partial charge in [-0.2, -0.15) is 0 Å². The summed E-state index contributed by atoms with van der Waals surface area (Å²) in [6, 6.07) is 10.1. The predicted molar refractivity (Wildman–Crippen MR) is 110 cm³/mol. The second-order valence-corrected chi connectivity index (χ2v) is 8.10. The minimum absolute atomic E-state index is 0.0598. The van der Waals surface area contributed by atoms with E-state index in [1.807, 2.05) is 24.3 Å². The highest BCUT2D eigenvalue weighted by atomic mass is 16.5. The molecule has 2 heterocycles. The molecule has 2 fully saturated rings. The average Bonchev–Trinajstić information content (AvgIpc) is 3.30. The highest BCUT2D eigenvalue weighted by Gasteiger charge is 2.46. The standard InChI is InChI=1S/C24H32O4/c1-17(18-9-5-4-6-10-18)21(25)14-13-20-19(22-15-16-23(20)28-22)11-7-2-3-8-12-24(26)27/h2,4-7,9-10,13-14,17,19-23,25H,3,8,11-12,15-16H2,1H3,(H,26,27)/b7-2-,14-13+/t17-,19+,20-,21+,22-,23+/m1/s1. The van der Waals surface area contributed by atoms with Crippen molar-refractivity contribution in [3.63, 3.8) is 0 Å². The Morgan fingerprint density at radius 3 is 2.71 bits per heavy atom. The van der Waals surface area contributed by atoms with Crippen molar-refractivity contribution in [2.24, 2.45) is 11.8 Å². The van der Waals surface area contributed by atoms with Crippen LogP contribution < -0.4 is 0 Å². The zero-order valence-electron chi connectivity index (χ0n) is 16.6. The van der Waals surface area contributed by atoms with Gasteiger partial charge in [0.1, 0.15) is 0 Å². The minimum atomic E-state index is -0.733. The van der Waals surface area contributed by atoms with Crippen molar-refractivity contribution in [3.8, 4) is 0 Å². The summed E-state index contributed by atoms with van der Waals surface area (Å²) in [7, 11) is 0. The molecule has 4 heteroatoms. The number of aliphatic hydroxyl groups excluding tert-OH is 1. The number of carbonyl (C=O) groups is 1. The number of carboxylic acids is 1. The Morgan fingerprint density at radius 2 is 1.96 bits per heavy atom. The predicted octanol–water partition coefficient (Wildman–Crippen LogP) is 4.70. The van der Waals surface area contributed by atoms with Gasteiger partial charge in [-0.15, -0.1) is 0 Å². The van der Waals surface area contributed by atoms with Gasteiger partial charge in [0, 0.05) is 18.3 Å². The van der Waals surface area contributed by atoms with E-state index in [2.05, 4.69) is 37.3 Å². The summed E-state index contributed by atoms with van der Waals surface area (Å²) in [6.45, 7) is 2.05. The lowest BCUT2D eigenvalue weighted by molar-refractivity contribution is -0.137. The van der Waals surface area contributed by atoms with Crippen LogP contribution in [0.25, 0.3) is 0 Å². The van der Waals surface area contributed by atoms with Crippen molar-refractivity contribution >= 4 is 5.97 Å². The Balaban J connectivity index is 1.54. The number of hydrogen-bond donors (Lipinski definition) is 2. The maximum Gasteiger partial charge on any atom is 0.303 e. The molecule has 1 aromatic rings. The van der Waals surface area contributed by atoms with Crippen LogP contribution in [-0.2, 0) is 9.53 Å². The van der Waals surface area contributed by atoms with Crippen molar-refractivity contribution in [2.45, 2.75) is 69.7 Å². The lowest BCUT2D eigenvalue weighted by Gasteiger charge is -2.25. The fraction of sp³-hybridized carbons (Fsp3) is 0.542. The van der Waals surface area contributed by atoms with Gasteiger partial charge in [0.2, 0.25) is 0 Å². The molecule has 2 bridgehead atoms. The molecule has 2 aliphatic heterocycles. The zero-order chi connectivity index (χ0) is 19.9. The molecule has 0 amide bonds. The molecule has 0 aromatic heterocycles. The Labute approximate surface area is 167 Å². The molecule has 0 aliphatic carbocycles. The van der Waals surface area contributed by atoms with E-state index in [-0.39, 0.29) is 18.4 Å². The monoisotopic (exact) mass is 384 g/mol. The van der Waals surface area contributed by atoms with Crippen LogP contribution in [0.15, 0.2) is 54.6 Å². The highest BCUT2D eigenvalue weighted by Crippen LogP contribution is 2.46. The van der Waals surface area contributed by atoms with Crippen molar-refractivity contribution < 1.29 is 19.7 Å². The molecule has 2 saturated heterocycles. The van der Waals surface area contributed by atoms with Crippen molar-refractivity contribution in [1.29, 1.82) is 0 Å². The van der Waals surface area contributed by atoms with Crippen molar-refractivity contribution in [2.75, 3.05) is 0 Å². The second-order valence-electron chi connectivity index (χ2n) is 8.10. The molecule has 3 rings (SSSR count). The molecule has 0 unspecified atom stereocenters. The molecule has 2 aliphatic rings. The molecule has 2 N–H and O–H groups in total. The van der Waals surface area contributed by atoms with Gasteiger partial charge in [-0.1, -0.05) is 61.6 Å². The number of unbranched alkanes of at least 4 members (excludes halogenated alkanes) is 1. The van der Waals surface area contributed by atoms with Crippen LogP contribution in [0, 0.1) is 11.8 Å². The van der Waals surface area contributed by atoms with E-state index in [1.54, 1.807) is 0 Å². The fourth-order valence-electron chi connectivity index (χ4n) is 4.49. The molecule has 28 heavy (non-hydrogen) atoms. The van der Waals surface area contributed by atoms with Crippen LogP contribution in [0.5, 0.6) is 0 Å². The minimum Gasteiger partial charge on any atom is -0.481 e. The first-order valence-corrected chi connectivity index (χ1v) is 10.5. The van der Waals surface area contributed by atoms with Crippen LogP contribution in [0.4, 0.5) is 0 Å². The zero-order valence-corrected chi connectivity index (χ0v) is 16.6. The number of ether oxygens (including phenoxy) is 1. The second kappa shape index (κ2) is 10.0. The Bertz CT molecular complexity index is 681. The van der Waals surface area contributed by atoms with E-state index in [0.717, 1.165) is 31.2 Å². The van der Waals surface area contributed by atoms with Gasteiger partial charge in [0.05, 0.1) is 18.3 Å².